The zero-order chi connectivity index (χ0) is 18.2. The Bertz CT molecular complexity index is 718. The van der Waals surface area contributed by atoms with E-state index in [2.05, 4.69) is 20.4 Å². The monoisotopic (exact) mass is 374 g/mol. The van der Waals surface area contributed by atoms with Gasteiger partial charge in [-0.25, -0.2) is 4.39 Å². The fourth-order valence-electron chi connectivity index (χ4n) is 2.93. The number of halogens is 1. The number of aromatic nitrogens is 2. The fraction of sp³-hybridized carbons (Fsp3) is 0.421. The molecule has 5 nitrogen and oxygen atoms in total. The molecule has 1 saturated heterocycles. The third-order valence-corrected chi connectivity index (χ3v) is 5.26. The van der Waals surface area contributed by atoms with Crippen LogP contribution in [0.5, 0.6) is 0 Å². The Morgan fingerprint density at radius 3 is 2.54 bits per heavy atom. The largest absolute Gasteiger partial charge is 0.305 e. The predicted molar refractivity (Wildman–Crippen MR) is 102 cm³/mol. The van der Waals surface area contributed by atoms with Crippen molar-refractivity contribution < 1.29 is 9.18 Å². The Morgan fingerprint density at radius 2 is 1.85 bits per heavy atom. The number of carbonyl (C=O) groups is 1. The highest BCUT2D eigenvalue weighted by Gasteiger charge is 2.12. The van der Waals surface area contributed by atoms with Gasteiger partial charge >= 0.3 is 0 Å². The van der Waals surface area contributed by atoms with Crippen LogP contribution < -0.4 is 5.32 Å². The van der Waals surface area contributed by atoms with Gasteiger partial charge in [0.2, 0.25) is 0 Å². The molecule has 0 unspecified atom stereocenters. The zero-order valence-electron chi connectivity index (χ0n) is 14.7. The number of hydrogen-bond donors (Lipinski definition) is 1. The van der Waals surface area contributed by atoms with Gasteiger partial charge in [0.1, 0.15) is 10.8 Å². The van der Waals surface area contributed by atoms with Crippen LogP contribution in [-0.4, -0.2) is 46.4 Å². The van der Waals surface area contributed by atoms with Crippen LogP contribution in [0.4, 0.5) is 10.2 Å². The van der Waals surface area contributed by atoms with E-state index in [0.29, 0.717) is 5.82 Å². The third kappa shape index (κ3) is 5.51. The first-order valence-corrected chi connectivity index (χ1v) is 9.96. The van der Waals surface area contributed by atoms with Gasteiger partial charge in [-0.15, -0.1) is 22.0 Å². The van der Waals surface area contributed by atoms with Crippen LogP contribution in [0.2, 0.25) is 0 Å². The molecule has 1 amide bonds. The van der Waals surface area contributed by atoms with E-state index >= 15 is 0 Å². The number of likely N-dealkylation sites (tertiary alicyclic amines) is 1. The molecule has 7 heteroatoms. The topological polar surface area (TPSA) is 58.1 Å². The number of anilines is 1. The van der Waals surface area contributed by atoms with Crippen molar-refractivity contribution in [1.82, 2.24) is 15.1 Å². The molecule has 0 atom stereocenters. The first-order chi connectivity index (χ1) is 12.7. The first-order valence-electron chi connectivity index (χ1n) is 8.97. The molecule has 1 N–H and O–H groups in total. The smallest absolute Gasteiger partial charge is 0.259 e. The van der Waals surface area contributed by atoms with Crippen LogP contribution >= 0.6 is 11.8 Å². The summed E-state index contributed by atoms with van der Waals surface area (Å²) in [6.45, 7) is 3.43. The van der Waals surface area contributed by atoms with E-state index in [9.17, 15) is 9.18 Å². The minimum Gasteiger partial charge on any atom is -0.305 e. The number of hydrogen-bond acceptors (Lipinski definition) is 5. The second-order valence-electron chi connectivity index (χ2n) is 6.30. The van der Waals surface area contributed by atoms with E-state index in [0.717, 1.165) is 17.3 Å². The van der Waals surface area contributed by atoms with Gasteiger partial charge in [-0.2, -0.15) is 0 Å². The first kappa shape index (κ1) is 18.8. The average Bonchev–Trinajstić information content (AvgIpc) is 2.92. The van der Waals surface area contributed by atoms with Crippen molar-refractivity contribution in [3.05, 3.63) is 47.8 Å². The molecule has 138 valence electrons. The summed E-state index contributed by atoms with van der Waals surface area (Å²) in [7, 11) is 0. The second-order valence-corrected chi connectivity index (χ2v) is 7.41. The van der Waals surface area contributed by atoms with E-state index in [4.69, 9.17) is 0 Å². The summed E-state index contributed by atoms with van der Waals surface area (Å²) in [5.74, 6) is 0.197. The van der Waals surface area contributed by atoms with E-state index < -0.39 is 11.7 Å². The van der Waals surface area contributed by atoms with Gasteiger partial charge in [-0.1, -0.05) is 25.0 Å². The minimum absolute atomic E-state index is 0.00907. The van der Waals surface area contributed by atoms with Gasteiger partial charge in [0.25, 0.3) is 5.91 Å². The Morgan fingerprint density at radius 1 is 1.08 bits per heavy atom. The van der Waals surface area contributed by atoms with Gasteiger partial charge in [-0.05, 0) is 50.2 Å². The van der Waals surface area contributed by atoms with E-state index in [-0.39, 0.29) is 5.56 Å². The van der Waals surface area contributed by atoms with Crippen molar-refractivity contribution in [2.45, 2.75) is 30.7 Å². The van der Waals surface area contributed by atoms with Crippen molar-refractivity contribution >= 4 is 23.5 Å². The van der Waals surface area contributed by atoms with E-state index in [1.807, 2.05) is 6.07 Å². The molecule has 0 aliphatic carbocycles. The Labute approximate surface area is 157 Å². The zero-order valence-corrected chi connectivity index (χ0v) is 15.5. The SMILES string of the molecule is O=C(Nc1ccc(SCCN2CCCCCC2)nn1)c1ccccc1F. The quantitative estimate of drug-likeness (QED) is 0.779. The lowest BCUT2D eigenvalue weighted by atomic mass is 10.2. The predicted octanol–water partition coefficient (Wildman–Crippen LogP) is 3.84. The summed E-state index contributed by atoms with van der Waals surface area (Å²) in [5, 5.41) is 11.5. The number of carbonyl (C=O) groups excluding carboxylic acids is 1. The summed E-state index contributed by atoms with van der Waals surface area (Å²) >= 11 is 1.66. The highest BCUT2D eigenvalue weighted by atomic mass is 32.2. The molecule has 0 saturated carbocycles. The molecular formula is C19H23FN4OS. The van der Waals surface area contributed by atoms with Crippen molar-refractivity contribution in [3.63, 3.8) is 0 Å². The summed E-state index contributed by atoms with van der Waals surface area (Å²) in [4.78, 5) is 14.6. The third-order valence-electron chi connectivity index (χ3n) is 4.36. The highest BCUT2D eigenvalue weighted by Crippen LogP contribution is 2.17. The number of nitrogens with one attached hydrogen (secondary N) is 1. The normalized spacial score (nSPS) is 15.4. The van der Waals surface area contributed by atoms with Gasteiger partial charge < -0.3 is 10.2 Å². The van der Waals surface area contributed by atoms with Crippen LogP contribution in [0, 0.1) is 5.82 Å². The average molecular weight is 374 g/mol. The van der Waals surface area contributed by atoms with Gasteiger partial charge in [0, 0.05) is 12.3 Å². The Kier molecular flexibility index (Phi) is 6.96. The molecule has 26 heavy (non-hydrogen) atoms. The maximum absolute atomic E-state index is 13.6. The standard InChI is InChI=1S/C19H23FN4OS/c20-16-8-4-3-7-15(16)19(25)21-17-9-10-18(23-22-17)26-14-13-24-11-5-1-2-6-12-24/h3-4,7-10H,1-2,5-6,11-14H2,(H,21,22,25). The number of rotatable bonds is 6. The van der Waals surface area contributed by atoms with Gasteiger partial charge in [0.05, 0.1) is 5.56 Å². The minimum atomic E-state index is -0.557. The number of nitrogens with zero attached hydrogens (tertiary/aromatic N) is 3. The van der Waals surface area contributed by atoms with E-state index in [1.54, 1.807) is 30.0 Å². The summed E-state index contributed by atoms with van der Waals surface area (Å²) in [6, 6.07) is 9.38. The van der Waals surface area contributed by atoms with Crippen LogP contribution in [0.3, 0.4) is 0 Å². The molecule has 3 rings (SSSR count). The second kappa shape index (κ2) is 9.64. The van der Waals surface area contributed by atoms with Crippen LogP contribution in [-0.2, 0) is 0 Å². The van der Waals surface area contributed by atoms with Crippen LogP contribution in [0.25, 0.3) is 0 Å². The summed E-state index contributed by atoms with van der Waals surface area (Å²) in [5.41, 5.74) is -0.00907. The molecule has 0 radical (unpaired) electrons. The molecular weight excluding hydrogens is 351 g/mol. The lowest BCUT2D eigenvalue weighted by Crippen LogP contribution is -2.27. The highest BCUT2D eigenvalue weighted by molar-refractivity contribution is 7.99. The van der Waals surface area contributed by atoms with Crippen molar-refractivity contribution in [3.8, 4) is 0 Å². The Hall–Kier alpha value is -1.99. The summed E-state index contributed by atoms with van der Waals surface area (Å²) in [6.07, 6.45) is 5.27. The molecule has 1 aliphatic rings. The van der Waals surface area contributed by atoms with Crippen molar-refractivity contribution in [2.24, 2.45) is 0 Å². The molecule has 1 aromatic carbocycles. The number of benzene rings is 1. The molecule has 1 aliphatic heterocycles. The van der Waals surface area contributed by atoms with Gasteiger partial charge in [0.15, 0.2) is 5.82 Å². The molecule has 1 fully saturated rings. The molecule has 0 bridgehead atoms. The number of amides is 1. The molecule has 2 heterocycles. The molecule has 0 spiro atoms. The van der Waals surface area contributed by atoms with E-state index in [1.165, 1.54) is 50.9 Å². The van der Waals surface area contributed by atoms with Gasteiger partial charge in [-0.3, -0.25) is 4.79 Å². The summed E-state index contributed by atoms with van der Waals surface area (Å²) < 4.78 is 13.6. The van der Waals surface area contributed by atoms with Crippen LogP contribution in [0.1, 0.15) is 36.0 Å². The van der Waals surface area contributed by atoms with Crippen molar-refractivity contribution in [2.75, 3.05) is 30.7 Å². The maximum atomic E-state index is 13.6. The van der Waals surface area contributed by atoms with Crippen molar-refractivity contribution in [1.29, 1.82) is 0 Å². The fourth-order valence-corrected chi connectivity index (χ4v) is 3.75. The molecule has 1 aromatic heterocycles. The lowest BCUT2D eigenvalue weighted by Gasteiger charge is -2.18. The Balaban J connectivity index is 1.47. The van der Waals surface area contributed by atoms with Crippen LogP contribution in [0.15, 0.2) is 41.4 Å². The maximum Gasteiger partial charge on any atom is 0.259 e. The molecule has 2 aromatic rings. The lowest BCUT2D eigenvalue weighted by molar-refractivity contribution is 0.102. The number of thioether (sulfide) groups is 1.